The molecule has 0 aliphatic heterocycles. The summed E-state index contributed by atoms with van der Waals surface area (Å²) in [6, 6.07) is 3.46. The first-order valence-corrected chi connectivity index (χ1v) is 3.97. The molecular weight excluding hydrogens is 184 g/mol. The Labute approximate surface area is 79.6 Å². The number of hydrogen-bond acceptors (Lipinski definition) is 3. The van der Waals surface area contributed by atoms with Crippen molar-refractivity contribution in [2.75, 3.05) is 7.11 Å². The molecule has 0 spiro atoms. The van der Waals surface area contributed by atoms with Crippen molar-refractivity contribution in [3.05, 3.63) is 30.4 Å². The molecule has 0 saturated heterocycles. The molecule has 0 unspecified atom stereocenters. The van der Waals surface area contributed by atoms with E-state index in [2.05, 4.69) is 4.98 Å². The Bertz CT molecular complexity index is 490. The van der Waals surface area contributed by atoms with Crippen LogP contribution >= 0.6 is 0 Å². The maximum absolute atomic E-state index is 10.8. The highest BCUT2D eigenvalue weighted by Gasteiger charge is 2.12. The smallest absolute Gasteiger partial charge is 0.372 e. The minimum atomic E-state index is -1.06. The zero-order chi connectivity index (χ0) is 10.1. The number of ether oxygens (including phenoxy) is 1. The molecule has 0 radical (unpaired) electrons. The molecule has 0 fully saturated rings. The van der Waals surface area contributed by atoms with Gasteiger partial charge in [-0.25, -0.2) is 9.78 Å². The van der Waals surface area contributed by atoms with Crippen molar-refractivity contribution in [1.82, 2.24) is 9.38 Å². The van der Waals surface area contributed by atoms with Crippen LogP contribution in [0, 0.1) is 0 Å². The second kappa shape index (κ2) is 3.02. The van der Waals surface area contributed by atoms with E-state index in [9.17, 15) is 4.79 Å². The number of fused-ring (bicyclic) bond motifs is 1. The summed E-state index contributed by atoms with van der Waals surface area (Å²) in [7, 11) is 1.53. The monoisotopic (exact) mass is 192 g/mol. The summed E-state index contributed by atoms with van der Waals surface area (Å²) in [5.74, 6) is -0.468. The average molecular weight is 192 g/mol. The van der Waals surface area contributed by atoms with Crippen molar-refractivity contribution in [1.29, 1.82) is 0 Å². The van der Waals surface area contributed by atoms with Crippen molar-refractivity contribution in [2.24, 2.45) is 0 Å². The Morgan fingerprint density at radius 2 is 2.43 bits per heavy atom. The quantitative estimate of drug-likeness (QED) is 0.772. The van der Waals surface area contributed by atoms with Crippen LogP contribution in [0.4, 0.5) is 0 Å². The molecule has 14 heavy (non-hydrogen) atoms. The lowest BCUT2D eigenvalue weighted by Gasteiger charge is -2.01. The number of carboxylic acids is 1. The maximum atomic E-state index is 10.8. The highest BCUT2D eigenvalue weighted by Crippen LogP contribution is 2.19. The minimum absolute atomic E-state index is 0.0149. The molecule has 2 rings (SSSR count). The summed E-state index contributed by atoms with van der Waals surface area (Å²) in [6.07, 6.45) is 3.11. The van der Waals surface area contributed by atoms with Gasteiger partial charge in [-0.1, -0.05) is 0 Å². The normalized spacial score (nSPS) is 10.4. The number of aromatic nitrogens is 2. The van der Waals surface area contributed by atoms with Crippen LogP contribution in [-0.2, 0) is 0 Å². The lowest BCUT2D eigenvalue weighted by atomic mass is 10.4. The molecule has 5 nitrogen and oxygen atoms in total. The van der Waals surface area contributed by atoms with Gasteiger partial charge in [0.05, 0.1) is 13.3 Å². The average Bonchev–Trinajstić information content (AvgIpc) is 2.60. The van der Waals surface area contributed by atoms with Crippen molar-refractivity contribution in [3.63, 3.8) is 0 Å². The Balaban J connectivity index is 2.75. The van der Waals surface area contributed by atoms with E-state index >= 15 is 0 Å². The summed E-state index contributed by atoms with van der Waals surface area (Å²) in [5.41, 5.74) is 0.646. The predicted molar refractivity (Wildman–Crippen MR) is 48.7 cm³/mol. The van der Waals surface area contributed by atoms with Gasteiger partial charge < -0.3 is 9.84 Å². The molecule has 0 saturated carbocycles. The summed E-state index contributed by atoms with van der Waals surface area (Å²) < 4.78 is 6.54. The highest BCUT2D eigenvalue weighted by atomic mass is 16.5. The van der Waals surface area contributed by atoms with Crippen molar-refractivity contribution in [3.8, 4) is 5.75 Å². The van der Waals surface area contributed by atoms with Gasteiger partial charge in [0.1, 0.15) is 11.3 Å². The van der Waals surface area contributed by atoms with Crippen LogP contribution in [0.1, 0.15) is 10.6 Å². The second-order valence-corrected chi connectivity index (χ2v) is 2.72. The van der Waals surface area contributed by atoms with Crippen molar-refractivity contribution in [2.45, 2.75) is 0 Å². The molecule has 5 heteroatoms. The van der Waals surface area contributed by atoms with Gasteiger partial charge in [0, 0.05) is 6.20 Å². The van der Waals surface area contributed by atoms with Crippen molar-refractivity contribution >= 4 is 11.5 Å². The van der Waals surface area contributed by atoms with Crippen LogP contribution in [0.2, 0.25) is 0 Å². The number of carboxylic acid groups (broad SMARTS) is 1. The van der Waals surface area contributed by atoms with Gasteiger partial charge in [0.25, 0.3) is 0 Å². The number of nitrogens with zero attached hydrogens (tertiary/aromatic N) is 2. The SMILES string of the molecule is COc1cccn2c(C(=O)O)ncc12. The van der Waals surface area contributed by atoms with Gasteiger partial charge in [-0.05, 0) is 12.1 Å². The van der Waals surface area contributed by atoms with E-state index in [0.717, 1.165) is 0 Å². The third kappa shape index (κ3) is 1.10. The van der Waals surface area contributed by atoms with Gasteiger partial charge >= 0.3 is 5.97 Å². The number of aromatic carboxylic acids is 1. The summed E-state index contributed by atoms with van der Waals surface area (Å²) in [6.45, 7) is 0. The molecule has 0 aromatic carbocycles. The minimum Gasteiger partial charge on any atom is -0.494 e. The van der Waals surface area contributed by atoms with Gasteiger partial charge in [-0.15, -0.1) is 0 Å². The molecule has 0 bridgehead atoms. The van der Waals surface area contributed by atoms with E-state index in [-0.39, 0.29) is 5.82 Å². The molecule has 72 valence electrons. The van der Waals surface area contributed by atoms with Gasteiger partial charge in [0.15, 0.2) is 0 Å². The van der Waals surface area contributed by atoms with Crippen molar-refractivity contribution < 1.29 is 14.6 Å². The van der Waals surface area contributed by atoms with E-state index < -0.39 is 5.97 Å². The fraction of sp³-hybridized carbons (Fsp3) is 0.111. The molecule has 0 atom stereocenters. The van der Waals surface area contributed by atoms with Crippen LogP contribution in [0.15, 0.2) is 24.5 Å². The highest BCUT2D eigenvalue weighted by molar-refractivity contribution is 5.85. The topological polar surface area (TPSA) is 63.8 Å². The van der Waals surface area contributed by atoms with E-state index in [1.54, 1.807) is 18.3 Å². The maximum Gasteiger partial charge on any atom is 0.372 e. The zero-order valence-corrected chi connectivity index (χ0v) is 7.47. The first-order chi connectivity index (χ1) is 6.74. The molecule has 2 heterocycles. The van der Waals surface area contributed by atoms with Gasteiger partial charge in [0.2, 0.25) is 5.82 Å². The van der Waals surface area contributed by atoms with E-state index in [1.807, 2.05) is 0 Å². The molecular formula is C9H8N2O3. The first-order valence-electron chi connectivity index (χ1n) is 3.97. The summed E-state index contributed by atoms with van der Waals surface area (Å²) in [4.78, 5) is 14.5. The number of hydrogen-bond donors (Lipinski definition) is 1. The predicted octanol–water partition coefficient (Wildman–Crippen LogP) is 1.04. The van der Waals surface area contributed by atoms with E-state index in [0.29, 0.717) is 11.3 Å². The molecule has 1 N–H and O–H groups in total. The van der Waals surface area contributed by atoms with Gasteiger partial charge in [-0.2, -0.15) is 0 Å². The third-order valence-electron chi connectivity index (χ3n) is 1.94. The standard InChI is InChI=1S/C9H8N2O3/c1-14-7-3-2-4-11-6(7)5-10-8(11)9(12)13/h2-5H,1H3,(H,12,13). The summed E-state index contributed by atoms with van der Waals surface area (Å²) in [5, 5.41) is 8.81. The number of pyridine rings is 1. The fourth-order valence-corrected chi connectivity index (χ4v) is 1.33. The van der Waals surface area contributed by atoms with Crippen LogP contribution in [0.25, 0.3) is 5.52 Å². The lowest BCUT2D eigenvalue weighted by molar-refractivity contribution is 0.0683. The number of imidazole rings is 1. The largest absolute Gasteiger partial charge is 0.494 e. The molecule has 0 amide bonds. The number of rotatable bonds is 2. The third-order valence-corrected chi connectivity index (χ3v) is 1.94. The Morgan fingerprint density at radius 1 is 1.64 bits per heavy atom. The van der Waals surface area contributed by atoms with E-state index in [1.165, 1.54) is 17.7 Å². The lowest BCUT2D eigenvalue weighted by Crippen LogP contribution is -2.03. The Hall–Kier alpha value is -2.04. The summed E-state index contributed by atoms with van der Waals surface area (Å²) >= 11 is 0. The van der Waals surface area contributed by atoms with Gasteiger partial charge in [-0.3, -0.25) is 4.40 Å². The molecule has 0 aliphatic carbocycles. The number of methoxy groups -OCH3 is 1. The van der Waals surface area contributed by atoms with E-state index in [4.69, 9.17) is 9.84 Å². The fourth-order valence-electron chi connectivity index (χ4n) is 1.33. The van der Waals surface area contributed by atoms with Crippen LogP contribution in [0.3, 0.4) is 0 Å². The van der Waals surface area contributed by atoms with Crippen LogP contribution in [-0.4, -0.2) is 27.6 Å². The second-order valence-electron chi connectivity index (χ2n) is 2.72. The Kier molecular flexibility index (Phi) is 1.85. The van der Waals surface area contributed by atoms with Crippen LogP contribution < -0.4 is 4.74 Å². The number of carbonyl (C=O) groups is 1. The zero-order valence-electron chi connectivity index (χ0n) is 7.47. The first kappa shape index (κ1) is 8.55. The molecule has 2 aromatic rings. The Morgan fingerprint density at radius 3 is 3.07 bits per heavy atom. The molecule has 2 aromatic heterocycles. The van der Waals surface area contributed by atoms with Crippen LogP contribution in [0.5, 0.6) is 5.75 Å². The molecule has 0 aliphatic rings.